The van der Waals surface area contributed by atoms with Gasteiger partial charge in [-0.25, -0.2) is 0 Å². The fourth-order valence-electron chi connectivity index (χ4n) is 3.47. The lowest BCUT2D eigenvalue weighted by Gasteiger charge is -2.22. The van der Waals surface area contributed by atoms with E-state index in [9.17, 15) is 0 Å². The summed E-state index contributed by atoms with van der Waals surface area (Å²) in [5.74, 6) is 0.702. The van der Waals surface area contributed by atoms with E-state index in [1.165, 1.54) is 5.56 Å². The van der Waals surface area contributed by atoms with Gasteiger partial charge in [0.2, 0.25) is 0 Å². The average Bonchev–Trinajstić information content (AvgIpc) is 2.83. The SMILES string of the molecule is CC1CN(Cc2ccc(N)c3cccnc23)CC1N(C)C. The molecule has 1 aliphatic heterocycles. The van der Waals surface area contributed by atoms with Crippen molar-refractivity contribution in [3.63, 3.8) is 0 Å². The molecule has 1 aromatic carbocycles. The van der Waals surface area contributed by atoms with Crippen LogP contribution in [-0.2, 0) is 6.54 Å². The van der Waals surface area contributed by atoms with E-state index in [1.807, 2.05) is 18.3 Å². The molecule has 2 N–H and O–H groups in total. The number of likely N-dealkylation sites (N-methyl/N-ethyl adjacent to an activating group) is 1. The number of benzene rings is 1. The highest BCUT2D eigenvalue weighted by molar-refractivity contribution is 5.92. The number of nitrogens with two attached hydrogens (primary N) is 1. The van der Waals surface area contributed by atoms with E-state index in [1.54, 1.807) is 0 Å². The van der Waals surface area contributed by atoms with Gasteiger partial charge in [0.25, 0.3) is 0 Å². The Morgan fingerprint density at radius 2 is 2.10 bits per heavy atom. The molecule has 0 aliphatic carbocycles. The zero-order valence-electron chi connectivity index (χ0n) is 13.1. The van der Waals surface area contributed by atoms with Crippen LogP contribution in [0.15, 0.2) is 30.5 Å². The van der Waals surface area contributed by atoms with Gasteiger partial charge in [0.1, 0.15) is 0 Å². The molecule has 21 heavy (non-hydrogen) atoms. The first-order valence-electron chi connectivity index (χ1n) is 7.57. The van der Waals surface area contributed by atoms with E-state index in [2.05, 4.69) is 47.9 Å². The van der Waals surface area contributed by atoms with E-state index in [0.29, 0.717) is 12.0 Å². The molecule has 3 rings (SSSR count). The number of nitrogens with zero attached hydrogens (tertiary/aromatic N) is 3. The molecule has 112 valence electrons. The topological polar surface area (TPSA) is 45.4 Å². The number of anilines is 1. The molecule has 2 unspecified atom stereocenters. The third kappa shape index (κ3) is 2.74. The first-order chi connectivity index (χ1) is 10.1. The second-order valence-electron chi connectivity index (χ2n) is 6.42. The third-order valence-electron chi connectivity index (χ3n) is 4.59. The molecule has 0 saturated carbocycles. The summed E-state index contributed by atoms with van der Waals surface area (Å²) in [4.78, 5) is 9.40. The minimum atomic E-state index is 0.637. The summed E-state index contributed by atoms with van der Waals surface area (Å²) in [5.41, 5.74) is 9.18. The molecule has 0 bridgehead atoms. The molecule has 0 spiro atoms. The Kier molecular flexibility index (Phi) is 3.83. The second-order valence-corrected chi connectivity index (χ2v) is 6.42. The Labute approximate surface area is 126 Å². The number of fused-ring (bicyclic) bond motifs is 1. The first-order valence-corrected chi connectivity index (χ1v) is 7.57. The van der Waals surface area contributed by atoms with Crippen LogP contribution in [0, 0.1) is 5.92 Å². The van der Waals surface area contributed by atoms with Crippen molar-refractivity contribution in [2.45, 2.75) is 19.5 Å². The number of aromatic nitrogens is 1. The number of nitrogen functional groups attached to an aromatic ring is 1. The van der Waals surface area contributed by atoms with Crippen LogP contribution in [0.1, 0.15) is 12.5 Å². The molecule has 2 atom stereocenters. The van der Waals surface area contributed by atoms with E-state index in [-0.39, 0.29) is 0 Å². The zero-order chi connectivity index (χ0) is 15.0. The van der Waals surface area contributed by atoms with Gasteiger partial charge >= 0.3 is 0 Å². The summed E-state index contributed by atoms with van der Waals surface area (Å²) in [6.07, 6.45) is 1.85. The summed E-state index contributed by atoms with van der Waals surface area (Å²) in [6.45, 7) is 5.54. The van der Waals surface area contributed by atoms with Gasteiger partial charge in [-0.3, -0.25) is 9.88 Å². The van der Waals surface area contributed by atoms with Crippen LogP contribution in [-0.4, -0.2) is 48.0 Å². The standard InChI is InChI=1S/C17H24N4/c1-12-9-21(11-16(12)20(2)3)10-13-6-7-15(18)14-5-4-8-19-17(13)14/h4-8,12,16H,9-11,18H2,1-3H3. The molecule has 4 nitrogen and oxygen atoms in total. The second kappa shape index (κ2) is 5.62. The van der Waals surface area contributed by atoms with Gasteiger partial charge in [-0.1, -0.05) is 13.0 Å². The Morgan fingerprint density at radius 3 is 2.81 bits per heavy atom. The molecule has 0 amide bonds. The Morgan fingerprint density at radius 1 is 1.29 bits per heavy atom. The Bertz CT molecular complexity index is 638. The van der Waals surface area contributed by atoms with Gasteiger partial charge in [0, 0.05) is 42.9 Å². The lowest BCUT2D eigenvalue weighted by atomic mass is 10.1. The van der Waals surface area contributed by atoms with Crippen molar-refractivity contribution in [2.24, 2.45) is 5.92 Å². The maximum absolute atomic E-state index is 6.06. The highest BCUT2D eigenvalue weighted by atomic mass is 15.2. The van der Waals surface area contributed by atoms with Crippen LogP contribution < -0.4 is 5.73 Å². The van der Waals surface area contributed by atoms with Gasteiger partial charge in [0.15, 0.2) is 0 Å². The number of hydrogen-bond donors (Lipinski definition) is 1. The molecule has 1 saturated heterocycles. The van der Waals surface area contributed by atoms with Crippen molar-refractivity contribution in [3.05, 3.63) is 36.0 Å². The summed E-state index contributed by atoms with van der Waals surface area (Å²) in [7, 11) is 4.34. The predicted molar refractivity (Wildman–Crippen MR) is 88.1 cm³/mol. The largest absolute Gasteiger partial charge is 0.398 e. The van der Waals surface area contributed by atoms with Gasteiger partial charge in [0.05, 0.1) is 5.52 Å². The fraction of sp³-hybridized carbons (Fsp3) is 0.471. The summed E-state index contributed by atoms with van der Waals surface area (Å²) in [5, 5.41) is 1.06. The summed E-state index contributed by atoms with van der Waals surface area (Å²) in [6, 6.07) is 8.76. The summed E-state index contributed by atoms with van der Waals surface area (Å²) < 4.78 is 0. The van der Waals surface area contributed by atoms with Crippen LogP contribution in [0.5, 0.6) is 0 Å². The highest BCUT2D eigenvalue weighted by Gasteiger charge is 2.31. The maximum Gasteiger partial charge on any atom is 0.0767 e. The smallest absolute Gasteiger partial charge is 0.0767 e. The monoisotopic (exact) mass is 284 g/mol. The van der Waals surface area contributed by atoms with Crippen molar-refractivity contribution in [3.8, 4) is 0 Å². The van der Waals surface area contributed by atoms with E-state index in [0.717, 1.165) is 36.2 Å². The van der Waals surface area contributed by atoms with Crippen LogP contribution in [0.2, 0.25) is 0 Å². The predicted octanol–water partition coefficient (Wildman–Crippen LogP) is 2.20. The summed E-state index contributed by atoms with van der Waals surface area (Å²) >= 11 is 0. The van der Waals surface area contributed by atoms with Crippen molar-refractivity contribution in [1.29, 1.82) is 0 Å². The number of hydrogen-bond acceptors (Lipinski definition) is 4. The van der Waals surface area contributed by atoms with Crippen molar-refractivity contribution < 1.29 is 0 Å². The molecule has 1 aliphatic rings. The molecule has 1 aromatic heterocycles. The molecule has 0 radical (unpaired) electrons. The normalized spacial score (nSPS) is 23.2. The van der Waals surface area contributed by atoms with Crippen molar-refractivity contribution in [1.82, 2.24) is 14.8 Å². The highest BCUT2D eigenvalue weighted by Crippen LogP contribution is 2.26. The number of pyridine rings is 1. The number of rotatable bonds is 3. The molecule has 2 heterocycles. The van der Waals surface area contributed by atoms with E-state index >= 15 is 0 Å². The molecule has 2 aromatic rings. The van der Waals surface area contributed by atoms with Gasteiger partial charge in [-0.15, -0.1) is 0 Å². The van der Waals surface area contributed by atoms with Gasteiger partial charge < -0.3 is 10.6 Å². The van der Waals surface area contributed by atoms with Crippen LogP contribution >= 0.6 is 0 Å². The number of likely N-dealkylation sites (tertiary alicyclic amines) is 1. The fourth-order valence-corrected chi connectivity index (χ4v) is 3.47. The minimum absolute atomic E-state index is 0.637. The van der Waals surface area contributed by atoms with Crippen LogP contribution in [0.4, 0.5) is 5.69 Å². The molecular formula is C17H24N4. The van der Waals surface area contributed by atoms with Gasteiger partial charge in [-0.05, 0) is 43.8 Å². The lowest BCUT2D eigenvalue weighted by molar-refractivity contribution is 0.250. The molecule has 1 fully saturated rings. The van der Waals surface area contributed by atoms with E-state index < -0.39 is 0 Å². The zero-order valence-corrected chi connectivity index (χ0v) is 13.1. The van der Waals surface area contributed by atoms with Crippen LogP contribution in [0.3, 0.4) is 0 Å². The molecule has 4 heteroatoms. The molecular weight excluding hydrogens is 260 g/mol. The van der Waals surface area contributed by atoms with Crippen molar-refractivity contribution >= 4 is 16.6 Å². The van der Waals surface area contributed by atoms with Crippen molar-refractivity contribution in [2.75, 3.05) is 32.9 Å². The third-order valence-corrected chi connectivity index (χ3v) is 4.59. The maximum atomic E-state index is 6.06. The van der Waals surface area contributed by atoms with E-state index in [4.69, 9.17) is 5.73 Å². The Hall–Kier alpha value is -1.65. The van der Waals surface area contributed by atoms with Gasteiger partial charge in [-0.2, -0.15) is 0 Å². The Balaban J connectivity index is 1.85. The average molecular weight is 284 g/mol. The minimum Gasteiger partial charge on any atom is -0.398 e. The lowest BCUT2D eigenvalue weighted by Crippen LogP contribution is -2.34. The van der Waals surface area contributed by atoms with Crippen LogP contribution in [0.25, 0.3) is 10.9 Å². The quantitative estimate of drug-likeness (QED) is 0.878. The first kappa shape index (κ1) is 14.3.